The summed E-state index contributed by atoms with van der Waals surface area (Å²) in [6.45, 7) is 0. The molecule has 2 aromatic carbocycles. The first-order valence-electron chi connectivity index (χ1n) is 7.16. The van der Waals surface area contributed by atoms with Gasteiger partial charge in [0.2, 0.25) is 0 Å². The van der Waals surface area contributed by atoms with E-state index in [1.165, 1.54) is 29.7 Å². The fourth-order valence-electron chi connectivity index (χ4n) is 2.54. The van der Waals surface area contributed by atoms with Gasteiger partial charge in [-0.25, -0.2) is 9.37 Å². The molecular formula is C17H11FN4OS. The lowest BCUT2D eigenvalue weighted by Gasteiger charge is -2.08. The van der Waals surface area contributed by atoms with Gasteiger partial charge in [0.1, 0.15) is 16.5 Å². The minimum absolute atomic E-state index is 0.328. The molecule has 0 aliphatic carbocycles. The molecule has 0 aliphatic heterocycles. The topological polar surface area (TPSA) is 70.7 Å². The first-order valence-corrected chi connectivity index (χ1v) is 8.04. The highest BCUT2D eigenvalue weighted by molar-refractivity contribution is 7.13. The van der Waals surface area contributed by atoms with Crippen molar-refractivity contribution in [1.29, 1.82) is 0 Å². The van der Waals surface area contributed by atoms with Gasteiger partial charge in [0.25, 0.3) is 5.91 Å². The Kier molecular flexibility index (Phi) is 3.55. The van der Waals surface area contributed by atoms with E-state index in [-0.39, 0.29) is 11.7 Å². The van der Waals surface area contributed by atoms with Crippen molar-refractivity contribution in [1.82, 2.24) is 15.2 Å². The maximum absolute atomic E-state index is 13.9. The Morgan fingerprint density at radius 1 is 1.17 bits per heavy atom. The molecule has 4 aromatic rings. The third-order valence-corrected chi connectivity index (χ3v) is 4.44. The van der Waals surface area contributed by atoms with E-state index in [2.05, 4.69) is 20.5 Å². The molecular weight excluding hydrogens is 327 g/mol. The second-order valence-corrected chi connectivity index (χ2v) is 5.99. The number of carbonyl (C=O) groups is 1. The van der Waals surface area contributed by atoms with Crippen molar-refractivity contribution in [2.45, 2.75) is 0 Å². The zero-order valence-corrected chi connectivity index (χ0v) is 13.1. The van der Waals surface area contributed by atoms with Crippen molar-refractivity contribution in [3.63, 3.8) is 0 Å². The SMILES string of the molecule is O=C(Nc1cn[nH]c1-c1nccs1)c1ccc(F)c2ccccc12. The van der Waals surface area contributed by atoms with Crippen LogP contribution < -0.4 is 5.32 Å². The number of halogens is 1. The van der Waals surface area contributed by atoms with E-state index in [0.29, 0.717) is 27.7 Å². The van der Waals surface area contributed by atoms with Crippen LogP contribution in [0.25, 0.3) is 21.5 Å². The van der Waals surface area contributed by atoms with Gasteiger partial charge in [-0.05, 0) is 17.5 Å². The predicted octanol–water partition coefficient (Wildman–Crippen LogP) is 4.08. The van der Waals surface area contributed by atoms with Gasteiger partial charge >= 0.3 is 0 Å². The summed E-state index contributed by atoms with van der Waals surface area (Å²) in [5, 5.41) is 13.2. The number of hydrogen-bond acceptors (Lipinski definition) is 4. The zero-order valence-electron chi connectivity index (χ0n) is 12.3. The van der Waals surface area contributed by atoms with Gasteiger partial charge in [-0.15, -0.1) is 11.3 Å². The van der Waals surface area contributed by atoms with Crippen LogP contribution in [0.3, 0.4) is 0 Å². The first-order chi connectivity index (χ1) is 11.7. The quantitative estimate of drug-likeness (QED) is 0.591. The standard InChI is InChI=1S/C17H11FN4OS/c18-13-6-5-12(10-3-1-2-4-11(10)13)16(23)21-14-9-20-22-15(14)17-19-7-8-24-17/h1-9H,(H,20,22)(H,21,23). The van der Waals surface area contributed by atoms with Crippen LogP contribution in [0.5, 0.6) is 0 Å². The fourth-order valence-corrected chi connectivity index (χ4v) is 3.19. The fraction of sp³-hybridized carbons (Fsp3) is 0. The number of fused-ring (bicyclic) bond motifs is 1. The van der Waals surface area contributed by atoms with E-state index in [1.54, 1.807) is 30.5 Å². The van der Waals surface area contributed by atoms with Gasteiger partial charge in [0.05, 0.1) is 11.9 Å². The molecule has 5 nitrogen and oxygen atoms in total. The number of amides is 1. The summed E-state index contributed by atoms with van der Waals surface area (Å²) >= 11 is 1.44. The van der Waals surface area contributed by atoms with Crippen molar-refractivity contribution in [3.8, 4) is 10.7 Å². The maximum atomic E-state index is 13.9. The average Bonchev–Trinajstić information content (AvgIpc) is 3.26. The number of nitrogens with zero attached hydrogens (tertiary/aromatic N) is 2. The lowest BCUT2D eigenvalue weighted by atomic mass is 10.0. The summed E-state index contributed by atoms with van der Waals surface area (Å²) in [7, 11) is 0. The van der Waals surface area contributed by atoms with Gasteiger partial charge in [-0.2, -0.15) is 5.10 Å². The predicted molar refractivity (Wildman–Crippen MR) is 91.6 cm³/mol. The number of aromatic amines is 1. The molecule has 1 amide bonds. The number of nitrogens with one attached hydrogen (secondary N) is 2. The van der Waals surface area contributed by atoms with Crippen LogP contribution in [-0.4, -0.2) is 21.1 Å². The second kappa shape index (κ2) is 5.86. The number of aromatic nitrogens is 3. The second-order valence-electron chi connectivity index (χ2n) is 5.09. The number of hydrogen-bond donors (Lipinski definition) is 2. The van der Waals surface area contributed by atoms with Gasteiger partial charge in [0, 0.05) is 22.5 Å². The monoisotopic (exact) mass is 338 g/mol. The van der Waals surface area contributed by atoms with Crippen molar-refractivity contribution in [2.24, 2.45) is 0 Å². The van der Waals surface area contributed by atoms with E-state index in [9.17, 15) is 9.18 Å². The van der Waals surface area contributed by atoms with Crippen molar-refractivity contribution < 1.29 is 9.18 Å². The molecule has 2 N–H and O–H groups in total. The van der Waals surface area contributed by atoms with Crippen LogP contribution in [-0.2, 0) is 0 Å². The highest BCUT2D eigenvalue weighted by Crippen LogP contribution is 2.28. The Balaban J connectivity index is 1.72. The van der Waals surface area contributed by atoms with E-state index in [4.69, 9.17) is 0 Å². The lowest BCUT2D eigenvalue weighted by molar-refractivity contribution is 0.102. The molecule has 0 radical (unpaired) electrons. The van der Waals surface area contributed by atoms with Crippen LogP contribution in [0.1, 0.15) is 10.4 Å². The molecule has 0 saturated heterocycles. The zero-order chi connectivity index (χ0) is 16.5. The van der Waals surface area contributed by atoms with Crippen molar-refractivity contribution in [3.05, 3.63) is 65.6 Å². The number of anilines is 1. The van der Waals surface area contributed by atoms with E-state index >= 15 is 0 Å². The minimum atomic E-state index is -0.353. The number of benzene rings is 2. The Bertz CT molecular complexity index is 1030. The molecule has 0 spiro atoms. The lowest BCUT2D eigenvalue weighted by Crippen LogP contribution is -2.12. The Hall–Kier alpha value is -3.06. The summed E-state index contributed by atoms with van der Waals surface area (Å²) in [6.07, 6.45) is 3.21. The highest BCUT2D eigenvalue weighted by Gasteiger charge is 2.16. The van der Waals surface area contributed by atoms with E-state index in [1.807, 2.05) is 5.38 Å². The van der Waals surface area contributed by atoms with Crippen molar-refractivity contribution in [2.75, 3.05) is 5.32 Å². The third kappa shape index (κ3) is 2.44. The minimum Gasteiger partial charge on any atom is -0.319 e. The summed E-state index contributed by atoms with van der Waals surface area (Å²) in [5.41, 5.74) is 1.58. The average molecular weight is 338 g/mol. The Labute approximate surface area is 140 Å². The highest BCUT2D eigenvalue weighted by atomic mass is 32.1. The van der Waals surface area contributed by atoms with Crippen LogP contribution in [0, 0.1) is 5.82 Å². The molecule has 4 rings (SSSR count). The summed E-state index contributed by atoms with van der Waals surface area (Å²) in [5.74, 6) is -0.681. The summed E-state index contributed by atoms with van der Waals surface area (Å²) in [6, 6.07) is 9.68. The van der Waals surface area contributed by atoms with Gasteiger partial charge < -0.3 is 5.32 Å². The summed E-state index contributed by atoms with van der Waals surface area (Å²) in [4.78, 5) is 16.9. The largest absolute Gasteiger partial charge is 0.319 e. The molecule has 0 fully saturated rings. The smallest absolute Gasteiger partial charge is 0.256 e. The van der Waals surface area contributed by atoms with Crippen LogP contribution >= 0.6 is 11.3 Å². The summed E-state index contributed by atoms with van der Waals surface area (Å²) < 4.78 is 13.9. The normalized spacial score (nSPS) is 10.9. The van der Waals surface area contributed by atoms with Gasteiger partial charge in [-0.1, -0.05) is 24.3 Å². The molecule has 0 bridgehead atoms. The van der Waals surface area contributed by atoms with E-state index < -0.39 is 0 Å². The van der Waals surface area contributed by atoms with Crippen LogP contribution in [0.15, 0.2) is 54.2 Å². The Morgan fingerprint density at radius 2 is 2.00 bits per heavy atom. The molecule has 0 saturated carbocycles. The molecule has 24 heavy (non-hydrogen) atoms. The third-order valence-electron chi connectivity index (χ3n) is 3.65. The van der Waals surface area contributed by atoms with Crippen molar-refractivity contribution >= 4 is 33.7 Å². The number of H-pyrrole nitrogens is 1. The molecule has 0 atom stereocenters. The van der Waals surface area contributed by atoms with Crippen LogP contribution in [0.4, 0.5) is 10.1 Å². The van der Waals surface area contributed by atoms with Crippen LogP contribution in [0.2, 0.25) is 0 Å². The maximum Gasteiger partial charge on any atom is 0.256 e. The molecule has 0 aliphatic rings. The molecule has 7 heteroatoms. The Morgan fingerprint density at radius 3 is 2.79 bits per heavy atom. The number of thiazole rings is 1. The molecule has 118 valence electrons. The molecule has 2 aromatic heterocycles. The first kappa shape index (κ1) is 14.5. The number of rotatable bonds is 3. The molecule has 0 unspecified atom stereocenters. The van der Waals surface area contributed by atoms with Gasteiger partial charge in [-0.3, -0.25) is 9.89 Å². The number of carbonyl (C=O) groups excluding carboxylic acids is 1. The van der Waals surface area contributed by atoms with Gasteiger partial charge in [0.15, 0.2) is 0 Å². The molecule has 2 heterocycles. The van der Waals surface area contributed by atoms with E-state index in [0.717, 1.165) is 5.01 Å².